The Labute approximate surface area is 175 Å². The molecule has 154 valence electrons. The molecule has 4 aliphatic carbocycles. The Balaban J connectivity index is 1.42. The molecule has 0 saturated heterocycles. The number of hydrogen-bond donors (Lipinski definition) is 1. The largest absolute Gasteiger partial charge is 0.309 e. The second-order valence-corrected chi connectivity index (χ2v) is 9.90. The van der Waals surface area contributed by atoms with Crippen LogP contribution in [0.15, 0.2) is 42.6 Å². The van der Waals surface area contributed by atoms with Gasteiger partial charge in [-0.15, -0.1) is 0 Å². The first-order valence-electron chi connectivity index (χ1n) is 11.1. The van der Waals surface area contributed by atoms with Crippen molar-refractivity contribution in [3.05, 3.63) is 54.0 Å². The molecule has 4 saturated carbocycles. The molecule has 30 heavy (non-hydrogen) atoms. The molecule has 0 atom stereocenters. The highest BCUT2D eigenvalue weighted by atomic mass is 19.1. The third-order valence-electron chi connectivity index (χ3n) is 7.65. The quantitative estimate of drug-likeness (QED) is 0.618. The third kappa shape index (κ3) is 2.78. The minimum absolute atomic E-state index is 0.146. The summed E-state index contributed by atoms with van der Waals surface area (Å²) >= 11 is 0. The van der Waals surface area contributed by atoms with Gasteiger partial charge in [0, 0.05) is 11.8 Å². The Morgan fingerprint density at radius 1 is 1.07 bits per heavy atom. The summed E-state index contributed by atoms with van der Waals surface area (Å²) in [4.78, 5) is 18.5. The van der Waals surface area contributed by atoms with E-state index in [0.29, 0.717) is 29.3 Å². The van der Waals surface area contributed by atoms with Crippen molar-refractivity contribution >= 4 is 17.4 Å². The van der Waals surface area contributed by atoms with Gasteiger partial charge in [-0.1, -0.05) is 0 Å². The van der Waals surface area contributed by atoms with Gasteiger partial charge < -0.3 is 5.32 Å². The molecule has 5 heteroatoms. The number of nitrogens with zero attached hydrogens (tertiary/aromatic N) is 2. The molecule has 4 nitrogen and oxygen atoms in total. The monoisotopic (exact) mass is 403 g/mol. The van der Waals surface area contributed by atoms with Crippen LogP contribution in [-0.4, -0.2) is 15.3 Å². The lowest BCUT2D eigenvalue weighted by atomic mass is 9.49. The van der Waals surface area contributed by atoms with E-state index in [1.807, 2.05) is 29.7 Å². The molecule has 0 aliphatic heterocycles. The molecule has 3 aromatic rings. The van der Waals surface area contributed by atoms with Crippen LogP contribution in [0, 0.1) is 35.9 Å². The molecule has 7 rings (SSSR count). The number of anilines is 1. The second kappa shape index (κ2) is 6.40. The second-order valence-electron chi connectivity index (χ2n) is 9.90. The summed E-state index contributed by atoms with van der Waals surface area (Å²) in [5.41, 5.74) is 3.16. The zero-order chi connectivity index (χ0) is 20.5. The van der Waals surface area contributed by atoms with E-state index in [1.165, 1.54) is 31.4 Å². The molecule has 0 radical (unpaired) electrons. The molecule has 0 unspecified atom stereocenters. The lowest BCUT2D eigenvalue weighted by molar-refractivity contribution is -0.140. The van der Waals surface area contributed by atoms with Gasteiger partial charge >= 0.3 is 0 Å². The van der Waals surface area contributed by atoms with Gasteiger partial charge in [-0.25, -0.2) is 9.37 Å². The van der Waals surface area contributed by atoms with Crippen molar-refractivity contribution in [1.82, 2.24) is 9.38 Å². The number of aryl methyl sites for hydroxylation is 1. The van der Waals surface area contributed by atoms with Gasteiger partial charge in [0.2, 0.25) is 5.91 Å². The normalized spacial score (nSPS) is 29.5. The zero-order valence-electron chi connectivity index (χ0n) is 17.2. The van der Waals surface area contributed by atoms with E-state index in [1.54, 1.807) is 12.1 Å². The van der Waals surface area contributed by atoms with Crippen molar-refractivity contribution < 1.29 is 9.18 Å². The highest BCUT2D eigenvalue weighted by molar-refractivity contribution is 5.98. The number of rotatable bonds is 3. The van der Waals surface area contributed by atoms with Crippen LogP contribution in [-0.2, 0) is 4.79 Å². The summed E-state index contributed by atoms with van der Waals surface area (Å²) in [7, 11) is 0. The fourth-order valence-electron chi connectivity index (χ4n) is 6.70. The number of carbonyl (C=O) groups is 1. The van der Waals surface area contributed by atoms with Gasteiger partial charge in [0.1, 0.15) is 23.0 Å². The van der Waals surface area contributed by atoms with E-state index in [4.69, 9.17) is 4.98 Å². The van der Waals surface area contributed by atoms with Gasteiger partial charge in [-0.2, -0.15) is 0 Å². The van der Waals surface area contributed by atoms with Crippen LogP contribution in [0.2, 0.25) is 0 Å². The number of imidazole rings is 1. The summed E-state index contributed by atoms with van der Waals surface area (Å²) in [6.07, 6.45) is 8.94. The van der Waals surface area contributed by atoms with Crippen molar-refractivity contribution in [3.63, 3.8) is 0 Å². The van der Waals surface area contributed by atoms with E-state index >= 15 is 0 Å². The Morgan fingerprint density at radius 3 is 2.33 bits per heavy atom. The molecule has 0 spiro atoms. The minimum Gasteiger partial charge on any atom is -0.309 e. The van der Waals surface area contributed by atoms with Crippen LogP contribution >= 0.6 is 0 Å². The number of aromatic nitrogens is 2. The molecule has 2 heterocycles. The molecule has 4 aliphatic rings. The van der Waals surface area contributed by atoms with Crippen LogP contribution < -0.4 is 5.32 Å². The number of pyridine rings is 1. The van der Waals surface area contributed by atoms with Gasteiger partial charge in [-0.05, 0) is 105 Å². The van der Waals surface area contributed by atoms with Crippen LogP contribution in [0.25, 0.3) is 16.9 Å². The minimum atomic E-state index is -0.280. The standard InChI is InChI=1S/C25H26FN3O/c1-15-6-7-29-21(8-15)27-22(19-2-4-20(26)5-3-19)23(29)28-24(30)25-12-16-9-17(13-25)11-18(10-16)14-25/h2-8,16-18H,9-14H2,1H3,(H,28,30). The Kier molecular flexibility index (Phi) is 3.86. The molecule has 1 amide bonds. The molecule has 1 N–H and O–H groups in total. The average molecular weight is 404 g/mol. The number of amides is 1. The van der Waals surface area contributed by atoms with Crippen LogP contribution in [0.1, 0.15) is 44.1 Å². The number of carbonyl (C=O) groups excluding carboxylic acids is 1. The molecule has 4 bridgehead atoms. The maximum Gasteiger partial charge on any atom is 0.231 e. The van der Waals surface area contributed by atoms with E-state index in [-0.39, 0.29) is 17.1 Å². The van der Waals surface area contributed by atoms with Crippen molar-refractivity contribution in [1.29, 1.82) is 0 Å². The average Bonchev–Trinajstić information content (AvgIpc) is 3.05. The summed E-state index contributed by atoms with van der Waals surface area (Å²) in [5.74, 6) is 2.69. The Hall–Kier alpha value is -2.69. The van der Waals surface area contributed by atoms with E-state index in [2.05, 4.69) is 5.32 Å². The fourth-order valence-corrected chi connectivity index (χ4v) is 6.70. The molecular weight excluding hydrogens is 377 g/mol. The Bertz CT molecular complexity index is 1110. The van der Waals surface area contributed by atoms with Crippen LogP contribution in [0.3, 0.4) is 0 Å². The predicted molar refractivity (Wildman–Crippen MR) is 115 cm³/mol. The first-order chi connectivity index (χ1) is 14.5. The van der Waals surface area contributed by atoms with Crippen molar-refractivity contribution in [3.8, 4) is 11.3 Å². The van der Waals surface area contributed by atoms with E-state index < -0.39 is 0 Å². The van der Waals surface area contributed by atoms with Crippen LogP contribution in [0.5, 0.6) is 0 Å². The summed E-state index contributed by atoms with van der Waals surface area (Å²) in [5, 5.41) is 3.29. The topological polar surface area (TPSA) is 46.4 Å². The number of hydrogen-bond acceptors (Lipinski definition) is 2. The van der Waals surface area contributed by atoms with Crippen molar-refractivity contribution in [2.24, 2.45) is 23.2 Å². The fraction of sp³-hybridized carbons (Fsp3) is 0.440. The van der Waals surface area contributed by atoms with Gasteiger partial charge in [-0.3, -0.25) is 9.20 Å². The molecular formula is C25H26FN3O. The maximum atomic E-state index is 13.7. The maximum absolute atomic E-state index is 13.7. The number of benzene rings is 1. The van der Waals surface area contributed by atoms with Crippen molar-refractivity contribution in [2.45, 2.75) is 45.4 Å². The summed E-state index contributed by atoms with van der Waals surface area (Å²) in [6, 6.07) is 10.4. The SMILES string of the molecule is Cc1ccn2c(NC(=O)C34CC5CC(CC(C5)C3)C4)c(-c3ccc(F)cc3)nc2c1. The molecule has 4 fully saturated rings. The number of fused-ring (bicyclic) bond motifs is 1. The Morgan fingerprint density at radius 2 is 1.70 bits per heavy atom. The predicted octanol–water partition coefficient (Wildman–Crippen LogP) is 5.60. The summed E-state index contributed by atoms with van der Waals surface area (Å²) < 4.78 is 15.4. The van der Waals surface area contributed by atoms with Gasteiger partial charge in [0.25, 0.3) is 0 Å². The summed E-state index contributed by atoms with van der Waals surface area (Å²) in [6.45, 7) is 2.03. The highest BCUT2D eigenvalue weighted by Gasteiger charge is 2.54. The third-order valence-corrected chi connectivity index (χ3v) is 7.65. The zero-order valence-corrected chi connectivity index (χ0v) is 17.2. The lowest BCUT2D eigenvalue weighted by Gasteiger charge is -2.55. The number of halogens is 1. The van der Waals surface area contributed by atoms with Crippen LogP contribution in [0.4, 0.5) is 10.2 Å². The van der Waals surface area contributed by atoms with Crippen molar-refractivity contribution in [2.75, 3.05) is 5.32 Å². The van der Waals surface area contributed by atoms with Gasteiger partial charge in [0.15, 0.2) is 0 Å². The number of nitrogens with one attached hydrogen (secondary N) is 1. The van der Waals surface area contributed by atoms with E-state index in [0.717, 1.165) is 36.0 Å². The van der Waals surface area contributed by atoms with E-state index in [9.17, 15) is 9.18 Å². The smallest absolute Gasteiger partial charge is 0.231 e. The molecule has 2 aromatic heterocycles. The lowest BCUT2D eigenvalue weighted by Crippen LogP contribution is -2.51. The first-order valence-corrected chi connectivity index (χ1v) is 11.1. The van der Waals surface area contributed by atoms with Gasteiger partial charge in [0.05, 0.1) is 5.41 Å². The first kappa shape index (κ1) is 18.1. The highest BCUT2D eigenvalue weighted by Crippen LogP contribution is 2.60. The molecule has 1 aromatic carbocycles.